The molecule has 3 rings (SSSR count). The largest absolute Gasteiger partial charge is 0.417 e. The fourth-order valence-corrected chi connectivity index (χ4v) is 3.92. The lowest BCUT2D eigenvalue weighted by Crippen LogP contribution is -2.32. The highest BCUT2D eigenvalue weighted by atomic mass is 32.2. The van der Waals surface area contributed by atoms with E-state index in [0.29, 0.717) is 11.8 Å². The van der Waals surface area contributed by atoms with Crippen LogP contribution in [0.3, 0.4) is 0 Å². The predicted molar refractivity (Wildman–Crippen MR) is 101 cm³/mol. The molecule has 0 unspecified atom stereocenters. The molecule has 0 bridgehead atoms. The number of halogens is 3. The van der Waals surface area contributed by atoms with Gasteiger partial charge in [0, 0.05) is 18.2 Å². The van der Waals surface area contributed by atoms with Gasteiger partial charge in [-0.15, -0.1) is 0 Å². The Balaban J connectivity index is 1.78. The number of alkyl halides is 3. The van der Waals surface area contributed by atoms with Crippen LogP contribution in [0, 0.1) is 0 Å². The zero-order valence-corrected chi connectivity index (χ0v) is 15.7. The molecule has 0 aliphatic rings. The van der Waals surface area contributed by atoms with Gasteiger partial charge in [-0.2, -0.15) is 18.3 Å². The van der Waals surface area contributed by atoms with Crippen LogP contribution in [0.15, 0.2) is 76.4 Å². The summed E-state index contributed by atoms with van der Waals surface area (Å²) < 4.78 is 67.1. The summed E-state index contributed by atoms with van der Waals surface area (Å²) in [6.07, 6.45) is -4.81. The van der Waals surface area contributed by atoms with Crippen molar-refractivity contribution in [2.45, 2.75) is 17.6 Å². The van der Waals surface area contributed by atoms with Gasteiger partial charge in [-0.1, -0.05) is 42.5 Å². The minimum atomic E-state index is -4.81. The average Bonchev–Trinajstić information content (AvgIpc) is 2.69. The number of hydrogen-bond donors (Lipinski definition) is 1. The molecule has 0 spiro atoms. The molecule has 2 aromatic carbocycles. The summed E-state index contributed by atoms with van der Waals surface area (Å²) in [5.74, 6) is 0. The van der Waals surface area contributed by atoms with E-state index in [1.807, 2.05) is 6.07 Å². The van der Waals surface area contributed by atoms with Crippen molar-refractivity contribution in [3.8, 4) is 11.3 Å². The number of nitrogens with one attached hydrogen (secondary N) is 1. The van der Waals surface area contributed by atoms with Crippen molar-refractivity contribution in [2.24, 2.45) is 0 Å². The van der Waals surface area contributed by atoms with Crippen LogP contribution in [0.1, 0.15) is 5.56 Å². The van der Waals surface area contributed by atoms with E-state index in [2.05, 4.69) is 9.82 Å². The number of rotatable bonds is 6. The van der Waals surface area contributed by atoms with Gasteiger partial charge in [0.05, 0.1) is 22.7 Å². The summed E-state index contributed by atoms with van der Waals surface area (Å²) in [4.78, 5) is 11.1. The highest BCUT2D eigenvalue weighted by Gasteiger charge is 2.36. The maximum atomic E-state index is 13.1. The van der Waals surface area contributed by atoms with E-state index in [1.54, 1.807) is 24.3 Å². The van der Waals surface area contributed by atoms with Crippen LogP contribution >= 0.6 is 0 Å². The molecule has 0 aliphatic carbocycles. The molecule has 0 atom stereocenters. The minimum Gasteiger partial charge on any atom is -0.268 e. The fraction of sp³-hybridized carbons (Fsp3) is 0.158. The first kappa shape index (κ1) is 20.7. The highest BCUT2D eigenvalue weighted by molar-refractivity contribution is 7.89. The Bertz CT molecular complexity index is 1160. The van der Waals surface area contributed by atoms with Crippen LogP contribution < -0.4 is 10.3 Å². The van der Waals surface area contributed by atoms with E-state index in [4.69, 9.17) is 0 Å². The molecule has 0 saturated heterocycles. The van der Waals surface area contributed by atoms with Gasteiger partial charge < -0.3 is 0 Å². The second kappa shape index (κ2) is 8.18. The quantitative estimate of drug-likeness (QED) is 0.661. The first-order valence-corrected chi connectivity index (χ1v) is 9.96. The van der Waals surface area contributed by atoms with E-state index in [9.17, 15) is 26.4 Å². The molecule has 0 fully saturated rings. The third-order valence-corrected chi connectivity index (χ3v) is 5.55. The maximum absolute atomic E-state index is 13.1. The first-order chi connectivity index (χ1) is 13.7. The molecule has 1 heterocycles. The molecule has 0 saturated carbocycles. The van der Waals surface area contributed by atoms with Crippen molar-refractivity contribution in [2.75, 3.05) is 6.54 Å². The molecule has 29 heavy (non-hydrogen) atoms. The van der Waals surface area contributed by atoms with E-state index >= 15 is 0 Å². The third-order valence-electron chi connectivity index (χ3n) is 4.03. The van der Waals surface area contributed by atoms with Crippen molar-refractivity contribution >= 4 is 10.0 Å². The van der Waals surface area contributed by atoms with Gasteiger partial charge in [0.15, 0.2) is 0 Å². The predicted octanol–water partition coefficient (Wildman–Crippen LogP) is 2.91. The van der Waals surface area contributed by atoms with Gasteiger partial charge in [0.25, 0.3) is 5.56 Å². The molecule has 6 nitrogen and oxygen atoms in total. The second-order valence-electron chi connectivity index (χ2n) is 6.04. The number of hydrogen-bond acceptors (Lipinski definition) is 4. The van der Waals surface area contributed by atoms with Crippen molar-refractivity contribution in [1.29, 1.82) is 0 Å². The van der Waals surface area contributed by atoms with Crippen LogP contribution in [-0.4, -0.2) is 24.7 Å². The van der Waals surface area contributed by atoms with Gasteiger partial charge in [-0.3, -0.25) is 4.79 Å². The van der Waals surface area contributed by atoms with Crippen molar-refractivity contribution in [3.63, 3.8) is 0 Å². The summed E-state index contributed by atoms with van der Waals surface area (Å²) in [5, 5.41) is 4.18. The van der Waals surface area contributed by atoms with Crippen molar-refractivity contribution in [3.05, 3.63) is 82.6 Å². The standard InChI is InChI=1S/C19H16F3N3O3S/c20-19(21,22)15-8-4-5-9-17(15)29(27,28)23-12-13-25-18(26)11-10-16(24-25)14-6-2-1-3-7-14/h1-11,23H,12-13H2. The third kappa shape index (κ3) is 4.90. The summed E-state index contributed by atoms with van der Waals surface area (Å²) in [7, 11) is -4.43. The van der Waals surface area contributed by atoms with E-state index in [-0.39, 0.29) is 13.1 Å². The summed E-state index contributed by atoms with van der Waals surface area (Å²) in [5.41, 5.74) is -0.440. The smallest absolute Gasteiger partial charge is 0.268 e. The average molecular weight is 423 g/mol. The zero-order valence-electron chi connectivity index (χ0n) is 14.9. The molecule has 0 aliphatic heterocycles. The second-order valence-corrected chi connectivity index (χ2v) is 7.77. The number of aromatic nitrogens is 2. The van der Waals surface area contributed by atoms with Crippen molar-refractivity contribution in [1.82, 2.24) is 14.5 Å². The van der Waals surface area contributed by atoms with Crippen LogP contribution in [-0.2, 0) is 22.7 Å². The topological polar surface area (TPSA) is 81.1 Å². The molecule has 1 N–H and O–H groups in total. The molecule has 152 valence electrons. The summed E-state index contributed by atoms with van der Waals surface area (Å²) in [6.45, 7) is -0.452. The number of benzene rings is 2. The van der Waals surface area contributed by atoms with Gasteiger partial charge in [-0.05, 0) is 18.2 Å². The molecule has 10 heteroatoms. The molecule has 0 amide bonds. The van der Waals surface area contributed by atoms with E-state index < -0.39 is 32.2 Å². The van der Waals surface area contributed by atoms with Crippen LogP contribution in [0.4, 0.5) is 13.2 Å². The summed E-state index contributed by atoms with van der Waals surface area (Å²) in [6, 6.07) is 15.8. The Morgan fingerprint density at radius 3 is 2.28 bits per heavy atom. The Hall–Kier alpha value is -2.98. The molecular weight excluding hydrogens is 407 g/mol. The summed E-state index contributed by atoms with van der Waals surface area (Å²) >= 11 is 0. The highest BCUT2D eigenvalue weighted by Crippen LogP contribution is 2.33. The van der Waals surface area contributed by atoms with Crippen LogP contribution in [0.25, 0.3) is 11.3 Å². The lowest BCUT2D eigenvalue weighted by molar-refractivity contribution is -0.139. The fourth-order valence-electron chi connectivity index (χ4n) is 2.67. The van der Waals surface area contributed by atoms with Crippen LogP contribution in [0.2, 0.25) is 0 Å². The number of nitrogens with zero attached hydrogens (tertiary/aromatic N) is 2. The first-order valence-electron chi connectivity index (χ1n) is 8.48. The van der Waals surface area contributed by atoms with Gasteiger partial charge in [0.2, 0.25) is 10.0 Å². The van der Waals surface area contributed by atoms with Gasteiger partial charge in [0.1, 0.15) is 0 Å². The van der Waals surface area contributed by atoms with Gasteiger partial charge >= 0.3 is 6.18 Å². The molecule has 1 aromatic heterocycles. The SMILES string of the molecule is O=c1ccc(-c2ccccc2)nn1CCNS(=O)(=O)c1ccccc1C(F)(F)F. The molecule has 3 aromatic rings. The molecule has 0 radical (unpaired) electrons. The Morgan fingerprint density at radius 1 is 0.931 bits per heavy atom. The zero-order chi connectivity index (χ0) is 21.1. The lowest BCUT2D eigenvalue weighted by atomic mass is 10.1. The normalized spacial score (nSPS) is 12.1. The Morgan fingerprint density at radius 2 is 1.59 bits per heavy atom. The van der Waals surface area contributed by atoms with Crippen LogP contribution in [0.5, 0.6) is 0 Å². The maximum Gasteiger partial charge on any atom is 0.417 e. The number of sulfonamides is 1. The molecular formula is C19H16F3N3O3S. The minimum absolute atomic E-state index is 0.146. The van der Waals surface area contributed by atoms with Crippen molar-refractivity contribution < 1.29 is 21.6 Å². The van der Waals surface area contributed by atoms with E-state index in [0.717, 1.165) is 22.4 Å². The Kier molecular flexibility index (Phi) is 5.85. The van der Waals surface area contributed by atoms with Gasteiger partial charge in [-0.25, -0.2) is 17.8 Å². The Labute approximate surface area is 164 Å². The monoisotopic (exact) mass is 423 g/mol. The van der Waals surface area contributed by atoms with E-state index in [1.165, 1.54) is 18.2 Å². The lowest BCUT2D eigenvalue weighted by Gasteiger charge is -2.14.